The maximum atomic E-state index is 15.0. The number of aromatic nitrogens is 1. The Balaban J connectivity index is 1.53. The molecular formula is C23H25Cl2FN4O2S2. The molecule has 1 fully saturated rings. The number of nitrogens with zero attached hydrogens (tertiary/aromatic N) is 3. The maximum Gasteiger partial charge on any atom is 0.266 e. The Hall–Kier alpha value is -1.91. The Morgan fingerprint density at radius 1 is 1.29 bits per heavy atom. The van der Waals surface area contributed by atoms with E-state index in [0.29, 0.717) is 5.69 Å². The summed E-state index contributed by atoms with van der Waals surface area (Å²) in [6, 6.07) is 10.5. The van der Waals surface area contributed by atoms with Gasteiger partial charge in [-0.25, -0.2) is 17.8 Å². The minimum atomic E-state index is -4.16. The average Bonchev–Trinajstić information content (AvgIpc) is 3.48. The lowest BCUT2D eigenvalue weighted by Gasteiger charge is -2.31. The Bertz CT molecular complexity index is 1260. The molecule has 1 aliphatic heterocycles. The van der Waals surface area contributed by atoms with Gasteiger partial charge in [0.25, 0.3) is 10.0 Å². The van der Waals surface area contributed by atoms with E-state index in [1.807, 2.05) is 30.1 Å². The molecule has 0 radical (unpaired) electrons. The molecule has 3 aromatic rings. The van der Waals surface area contributed by atoms with E-state index in [0.717, 1.165) is 42.6 Å². The summed E-state index contributed by atoms with van der Waals surface area (Å²) in [5, 5.41) is 2.44. The van der Waals surface area contributed by atoms with Crippen LogP contribution in [0.3, 0.4) is 0 Å². The monoisotopic (exact) mass is 542 g/mol. The first-order chi connectivity index (χ1) is 16.2. The first-order valence-electron chi connectivity index (χ1n) is 10.8. The number of likely N-dealkylation sites (N-methyl/N-ethyl adjacent to an activating group) is 1. The third-order valence-corrected chi connectivity index (χ3v) is 8.78. The predicted molar refractivity (Wildman–Crippen MR) is 137 cm³/mol. The first-order valence-corrected chi connectivity index (χ1v) is 14.0. The highest BCUT2D eigenvalue weighted by Crippen LogP contribution is 2.36. The van der Waals surface area contributed by atoms with Crippen LogP contribution in [0.5, 0.6) is 0 Å². The van der Waals surface area contributed by atoms with Gasteiger partial charge in [0, 0.05) is 48.7 Å². The van der Waals surface area contributed by atoms with Gasteiger partial charge in [0.2, 0.25) is 0 Å². The van der Waals surface area contributed by atoms with E-state index >= 15 is 0 Å². The van der Waals surface area contributed by atoms with Crippen LogP contribution in [0.15, 0.2) is 52.2 Å². The second kappa shape index (κ2) is 10.4. The van der Waals surface area contributed by atoms with Gasteiger partial charge in [-0.1, -0.05) is 48.3 Å². The zero-order valence-electron chi connectivity index (χ0n) is 18.7. The van der Waals surface area contributed by atoms with Gasteiger partial charge in [-0.2, -0.15) is 0 Å². The molecule has 0 amide bonds. The third kappa shape index (κ3) is 5.18. The molecule has 182 valence electrons. The van der Waals surface area contributed by atoms with Crippen molar-refractivity contribution in [1.82, 2.24) is 9.88 Å². The van der Waals surface area contributed by atoms with Crippen LogP contribution in [-0.2, 0) is 10.0 Å². The van der Waals surface area contributed by atoms with E-state index in [-0.39, 0.29) is 22.9 Å². The summed E-state index contributed by atoms with van der Waals surface area (Å²) in [5.74, 6) is -0.733. The predicted octanol–water partition coefficient (Wildman–Crippen LogP) is 6.05. The summed E-state index contributed by atoms with van der Waals surface area (Å²) in [6.07, 6.45) is 1.77. The number of anilines is 2. The van der Waals surface area contributed by atoms with Crippen molar-refractivity contribution in [3.05, 3.63) is 68.7 Å². The molecule has 1 saturated heterocycles. The van der Waals surface area contributed by atoms with Crippen molar-refractivity contribution in [2.24, 2.45) is 0 Å². The van der Waals surface area contributed by atoms with E-state index in [1.54, 1.807) is 0 Å². The van der Waals surface area contributed by atoms with Crippen LogP contribution in [-0.4, -0.2) is 44.5 Å². The third-order valence-electron chi connectivity index (χ3n) is 6.18. The molecule has 0 spiro atoms. The molecule has 0 saturated carbocycles. The van der Waals surface area contributed by atoms with Crippen LogP contribution in [0.1, 0.15) is 31.4 Å². The van der Waals surface area contributed by atoms with Crippen molar-refractivity contribution in [2.45, 2.75) is 36.7 Å². The van der Waals surface area contributed by atoms with Crippen LogP contribution in [0.2, 0.25) is 10.0 Å². The molecule has 1 aliphatic rings. The molecule has 2 atom stereocenters. The number of thiazole rings is 1. The summed E-state index contributed by atoms with van der Waals surface area (Å²) in [4.78, 5) is 7.67. The van der Waals surface area contributed by atoms with Crippen molar-refractivity contribution >= 4 is 56.1 Å². The molecule has 1 unspecified atom stereocenters. The number of halogens is 3. The Kier molecular flexibility index (Phi) is 7.69. The van der Waals surface area contributed by atoms with Crippen molar-refractivity contribution in [3.63, 3.8) is 0 Å². The van der Waals surface area contributed by atoms with E-state index in [9.17, 15) is 12.8 Å². The highest BCUT2D eigenvalue weighted by molar-refractivity contribution is 7.92. The van der Waals surface area contributed by atoms with Gasteiger partial charge in [-0.05, 0) is 30.5 Å². The minimum Gasteiger partial charge on any atom is -0.369 e. The largest absolute Gasteiger partial charge is 0.369 e. The summed E-state index contributed by atoms with van der Waals surface area (Å²) >= 11 is 14.1. The number of likely N-dealkylation sites (tertiary alicyclic amines) is 1. The number of hydrogen-bond acceptors (Lipinski definition) is 6. The molecule has 4 rings (SSSR count). The quantitative estimate of drug-likeness (QED) is 0.375. The summed E-state index contributed by atoms with van der Waals surface area (Å²) in [6.45, 7) is 3.75. The number of hydrogen-bond donors (Lipinski definition) is 1. The van der Waals surface area contributed by atoms with E-state index < -0.39 is 20.7 Å². The molecule has 1 aromatic heterocycles. The fourth-order valence-corrected chi connectivity index (χ4v) is 6.70. The van der Waals surface area contributed by atoms with E-state index in [2.05, 4.69) is 27.6 Å². The average molecular weight is 544 g/mol. The first kappa shape index (κ1) is 25.2. The van der Waals surface area contributed by atoms with Crippen LogP contribution >= 0.6 is 34.5 Å². The number of sulfonamides is 1. The topological polar surface area (TPSA) is 65.5 Å². The number of rotatable bonds is 8. The Morgan fingerprint density at radius 2 is 2.06 bits per heavy atom. The van der Waals surface area contributed by atoms with Crippen molar-refractivity contribution < 1.29 is 12.8 Å². The van der Waals surface area contributed by atoms with Crippen LogP contribution in [0, 0.1) is 5.82 Å². The fourth-order valence-electron chi connectivity index (χ4n) is 4.43. The van der Waals surface area contributed by atoms with Crippen molar-refractivity contribution in [3.8, 4) is 0 Å². The molecule has 0 aliphatic carbocycles. The molecule has 1 N–H and O–H groups in total. The molecule has 0 bridgehead atoms. The van der Waals surface area contributed by atoms with Crippen LogP contribution in [0.4, 0.5) is 15.9 Å². The Labute approximate surface area is 213 Å². The highest BCUT2D eigenvalue weighted by atomic mass is 35.5. The van der Waals surface area contributed by atoms with Gasteiger partial charge in [-0.3, -0.25) is 9.62 Å². The lowest BCUT2D eigenvalue weighted by Crippen LogP contribution is -2.36. The van der Waals surface area contributed by atoms with E-state index in [1.165, 1.54) is 28.3 Å². The number of benzene rings is 2. The Morgan fingerprint density at radius 3 is 2.74 bits per heavy atom. The lowest BCUT2D eigenvalue weighted by atomic mass is 10.0. The van der Waals surface area contributed by atoms with Crippen molar-refractivity contribution in [2.75, 3.05) is 29.8 Å². The molecule has 34 heavy (non-hydrogen) atoms. The van der Waals surface area contributed by atoms with Crippen LogP contribution < -0.4 is 9.62 Å². The van der Waals surface area contributed by atoms with Crippen LogP contribution in [0.25, 0.3) is 0 Å². The van der Waals surface area contributed by atoms with Gasteiger partial charge < -0.3 is 4.90 Å². The van der Waals surface area contributed by atoms with Gasteiger partial charge in [0.05, 0.1) is 16.2 Å². The SMILES string of the molecule is CCC(c1ccccc1Cl)N1CC[C@H](N(C)c2cc(F)c(S(=O)(=O)Nc3cscn3)cc2Cl)C1. The second-order valence-corrected chi connectivity index (χ2v) is 11.4. The zero-order chi connectivity index (χ0) is 24.5. The molecule has 11 heteroatoms. The fraction of sp³-hybridized carbons (Fsp3) is 0.348. The zero-order valence-corrected chi connectivity index (χ0v) is 21.9. The lowest BCUT2D eigenvalue weighted by molar-refractivity contribution is 0.236. The molecule has 2 heterocycles. The maximum absolute atomic E-state index is 15.0. The van der Waals surface area contributed by atoms with Crippen molar-refractivity contribution in [1.29, 1.82) is 0 Å². The molecular weight excluding hydrogens is 518 g/mol. The normalized spacial score (nSPS) is 17.6. The molecule has 6 nitrogen and oxygen atoms in total. The van der Waals surface area contributed by atoms with Gasteiger partial charge >= 0.3 is 0 Å². The minimum absolute atomic E-state index is 0.0871. The van der Waals surface area contributed by atoms with E-state index in [4.69, 9.17) is 23.2 Å². The summed E-state index contributed by atoms with van der Waals surface area (Å²) in [5.41, 5.74) is 3.03. The van der Waals surface area contributed by atoms with Gasteiger partial charge in [0.15, 0.2) is 5.82 Å². The summed E-state index contributed by atoms with van der Waals surface area (Å²) in [7, 11) is -2.31. The highest BCUT2D eigenvalue weighted by Gasteiger charge is 2.33. The number of nitrogens with one attached hydrogen (secondary N) is 1. The summed E-state index contributed by atoms with van der Waals surface area (Å²) < 4.78 is 42.5. The molecule has 2 aromatic carbocycles. The van der Waals surface area contributed by atoms with Gasteiger partial charge in [-0.15, -0.1) is 11.3 Å². The smallest absolute Gasteiger partial charge is 0.266 e. The van der Waals surface area contributed by atoms with Gasteiger partial charge in [0.1, 0.15) is 10.7 Å². The standard InChI is InChI=1S/C23H25Cl2FN4O2S2/c1-3-20(16-6-4-5-7-17(16)24)30-9-8-15(12-30)29(2)21-11-19(26)22(10-18(21)25)34(31,32)28-23-13-33-14-27-23/h4-7,10-11,13-15,20,28H,3,8-9,12H2,1-2H3/t15-,20?/m0/s1. The second-order valence-electron chi connectivity index (χ2n) is 8.21.